The number of H-pyrrole nitrogens is 1. The molecule has 0 radical (unpaired) electrons. The summed E-state index contributed by atoms with van der Waals surface area (Å²) in [5.74, 6) is 0.976. The van der Waals surface area contributed by atoms with Gasteiger partial charge in [-0.25, -0.2) is 18.5 Å². The van der Waals surface area contributed by atoms with Crippen molar-refractivity contribution in [1.82, 2.24) is 9.97 Å². The van der Waals surface area contributed by atoms with Gasteiger partial charge in [0.15, 0.2) is 5.82 Å². The van der Waals surface area contributed by atoms with E-state index in [0.717, 1.165) is 0 Å². The molecule has 4 rings (SSSR count). The lowest BCUT2D eigenvalue weighted by Crippen LogP contribution is -2.11. The average molecular weight is 418 g/mol. The van der Waals surface area contributed by atoms with Crippen LogP contribution in [-0.4, -0.2) is 18.4 Å². The summed E-state index contributed by atoms with van der Waals surface area (Å²) in [6.45, 7) is 0. The fraction of sp³-hybridized carbons (Fsp3) is 0. The maximum absolute atomic E-state index is 12.3. The molecule has 0 saturated heterocycles. The first-order chi connectivity index (χ1) is 14.3. The minimum Gasteiger partial charge on any atom is -0.457 e. The van der Waals surface area contributed by atoms with Gasteiger partial charge >= 0.3 is 0 Å². The van der Waals surface area contributed by atoms with E-state index in [9.17, 15) is 18.5 Å². The molecule has 9 heteroatoms. The van der Waals surface area contributed by atoms with Crippen LogP contribution in [0.2, 0.25) is 0 Å². The van der Waals surface area contributed by atoms with Crippen LogP contribution in [0.25, 0.3) is 33.9 Å². The van der Waals surface area contributed by atoms with Crippen molar-refractivity contribution in [1.29, 1.82) is 5.26 Å². The van der Waals surface area contributed by atoms with Gasteiger partial charge < -0.3 is 9.40 Å². The van der Waals surface area contributed by atoms with Gasteiger partial charge in [0.2, 0.25) is 10.0 Å². The molecule has 0 aliphatic carbocycles. The largest absolute Gasteiger partial charge is 0.457 e. The number of benzene rings is 2. The summed E-state index contributed by atoms with van der Waals surface area (Å²) in [5.41, 5.74) is 0.903. The van der Waals surface area contributed by atoms with Gasteiger partial charge in [0.25, 0.3) is 5.56 Å². The third-order valence-corrected chi connectivity index (χ3v) is 5.30. The van der Waals surface area contributed by atoms with Crippen LogP contribution in [-0.2, 0) is 10.0 Å². The lowest BCUT2D eigenvalue weighted by Gasteiger charge is -2.01. The number of para-hydroxylation sites is 1. The highest BCUT2D eigenvalue weighted by molar-refractivity contribution is 7.89. The number of fused-ring (bicyclic) bond motifs is 1. The Kier molecular flexibility index (Phi) is 4.79. The number of furan rings is 1. The Morgan fingerprint density at radius 1 is 1.10 bits per heavy atom. The molecule has 30 heavy (non-hydrogen) atoms. The summed E-state index contributed by atoms with van der Waals surface area (Å²) in [5, 5.41) is 15.1. The third-order valence-electron chi connectivity index (χ3n) is 4.37. The molecule has 148 valence electrons. The molecule has 0 amide bonds. The van der Waals surface area contributed by atoms with Crippen molar-refractivity contribution in [2.75, 3.05) is 0 Å². The number of nitrogens with zero attached hydrogens (tertiary/aromatic N) is 2. The summed E-state index contributed by atoms with van der Waals surface area (Å²) in [6, 6.07) is 18.1. The van der Waals surface area contributed by atoms with E-state index in [1.165, 1.54) is 18.2 Å². The summed E-state index contributed by atoms with van der Waals surface area (Å²) in [7, 11) is -3.78. The highest BCUT2D eigenvalue weighted by Crippen LogP contribution is 2.25. The predicted octanol–water partition coefficient (Wildman–Crippen LogP) is 2.89. The molecule has 0 spiro atoms. The number of aromatic amines is 1. The van der Waals surface area contributed by atoms with Crippen molar-refractivity contribution in [3.63, 3.8) is 0 Å². The van der Waals surface area contributed by atoms with Crippen LogP contribution in [0.4, 0.5) is 0 Å². The summed E-state index contributed by atoms with van der Waals surface area (Å²) < 4.78 is 28.5. The number of nitrogens with two attached hydrogens (primary N) is 1. The number of sulfonamides is 1. The zero-order chi connectivity index (χ0) is 21.3. The highest BCUT2D eigenvalue weighted by Gasteiger charge is 2.11. The molecule has 0 unspecified atom stereocenters. The molecule has 2 aromatic carbocycles. The number of rotatable bonds is 4. The first-order valence-corrected chi connectivity index (χ1v) is 10.2. The minimum atomic E-state index is -3.78. The van der Waals surface area contributed by atoms with Crippen LogP contribution < -0.4 is 10.7 Å². The smallest absolute Gasteiger partial charge is 0.259 e. The van der Waals surface area contributed by atoms with E-state index in [2.05, 4.69) is 9.97 Å². The second-order valence-corrected chi connectivity index (χ2v) is 7.93. The SMILES string of the molecule is N#CC(=Cc1ccc(-c2ccc(S(N)(=O)=O)cc2)o1)c1nc2ccccc2c(=O)[nH]1. The van der Waals surface area contributed by atoms with E-state index in [1.54, 1.807) is 48.5 Å². The number of hydrogen-bond donors (Lipinski definition) is 2. The molecule has 3 N–H and O–H groups in total. The van der Waals surface area contributed by atoms with Gasteiger partial charge in [0.05, 0.1) is 21.4 Å². The van der Waals surface area contributed by atoms with Gasteiger partial charge in [-0.3, -0.25) is 4.79 Å². The minimum absolute atomic E-state index is 0.00368. The highest BCUT2D eigenvalue weighted by atomic mass is 32.2. The van der Waals surface area contributed by atoms with Crippen molar-refractivity contribution in [2.45, 2.75) is 4.90 Å². The fourth-order valence-corrected chi connectivity index (χ4v) is 3.42. The molecule has 0 atom stereocenters. The predicted molar refractivity (Wildman–Crippen MR) is 111 cm³/mol. The van der Waals surface area contributed by atoms with E-state index in [-0.39, 0.29) is 21.9 Å². The lowest BCUT2D eigenvalue weighted by atomic mass is 10.2. The molecular weight excluding hydrogens is 404 g/mol. The van der Waals surface area contributed by atoms with Crippen LogP contribution in [0.3, 0.4) is 0 Å². The summed E-state index contributed by atoms with van der Waals surface area (Å²) in [6.07, 6.45) is 1.47. The van der Waals surface area contributed by atoms with Crippen molar-refractivity contribution in [2.24, 2.45) is 5.14 Å². The van der Waals surface area contributed by atoms with Crippen LogP contribution in [0.15, 0.2) is 74.8 Å². The summed E-state index contributed by atoms with van der Waals surface area (Å²) in [4.78, 5) is 19.2. The molecule has 2 aromatic heterocycles. The fourth-order valence-electron chi connectivity index (χ4n) is 2.90. The van der Waals surface area contributed by atoms with Crippen molar-refractivity contribution in [3.05, 3.63) is 82.6 Å². The Labute approximate surface area is 171 Å². The van der Waals surface area contributed by atoms with E-state index in [1.807, 2.05) is 6.07 Å². The van der Waals surface area contributed by atoms with Gasteiger partial charge in [-0.2, -0.15) is 5.26 Å². The zero-order valence-electron chi connectivity index (χ0n) is 15.4. The first-order valence-electron chi connectivity index (χ1n) is 8.69. The molecular formula is C21H14N4O4S. The number of aromatic nitrogens is 2. The Balaban J connectivity index is 1.69. The number of nitriles is 1. The first kappa shape index (κ1) is 19.3. The Hall–Kier alpha value is -4.00. The van der Waals surface area contributed by atoms with Crippen LogP contribution in [0, 0.1) is 11.3 Å². The van der Waals surface area contributed by atoms with Gasteiger partial charge in [-0.1, -0.05) is 12.1 Å². The lowest BCUT2D eigenvalue weighted by molar-refractivity contribution is 0.571. The molecule has 4 aromatic rings. The third kappa shape index (κ3) is 3.77. The van der Waals surface area contributed by atoms with Crippen LogP contribution >= 0.6 is 0 Å². The maximum atomic E-state index is 12.3. The van der Waals surface area contributed by atoms with Crippen molar-refractivity contribution >= 4 is 32.6 Å². The van der Waals surface area contributed by atoms with E-state index >= 15 is 0 Å². The zero-order valence-corrected chi connectivity index (χ0v) is 16.2. The van der Waals surface area contributed by atoms with E-state index in [0.29, 0.717) is 28.0 Å². The number of primary sulfonamides is 1. The van der Waals surface area contributed by atoms with E-state index < -0.39 is 10.0 Å². The molecule has 0 aliphatic heterocycles. The molecule has 0 aliphatic rings. The molecule has 0 saturated carbocycles. The second-order valence-electron chi connectivity index (χ2n) is 6.37. The van der Waals surface area contributed by atoms with Gasteiger partial charge in [-0.05, 0) is 48.5 Å². The average Bonchev–Trinajstić information content (AvgIpc) is 3.20. The summed E-state index contributed by atoms with van der Waals surface area (Å²) >= 11 is 0. The van der Waals surface area contributed by atoms with E-state index in [4.69, 9.17) is 9.56 Å². The van der Waals surface area contributed by atoms with Gasteiger partial charge in [0.1, 0.15) is 17.6 Å². The quantitative estimate of drug-likeness (QED) is 0.488. The number of hydrogen-bond acceptors (Lipinski definition) is 6. The standard InChI is InChI=1S/C21H14N4O4S/c22-12-14(20-24-18-4-2-1-3-17(18)21(26)25-20)11-15-7-10-19(29-15)13-5-8-16(9-6-13)30(23,27)28/h1-11H,(H2,23,27,28)(H,24,25,26). The monoisotopic (exact) mass is 418 g/mol. The Morgan fingerprint density at radius 3 is 2.53 bits per heavy atom. The molecule has 0 fully saturated rings. The second kappa shape index (κ2) is 7.44. The molecule has 0 bridgehead atoms. The normalized spacial score (nSPS) is 12.1. The number of allylic oxidation sites excluding steroid dienone is 1. The number of nitrogens with one attached hydrogen (secondary N) is 1. The van der Waals surface area contributed by atoms with Crippen LogP contribution in [0.1, 0.15) is 11.6 Å². The Bertz CT molecular complexity index is 1490. The Morgan fingerprint density at radius 2 is 1.83 bits per heavy atom. The maximum Gasteiger partial charge on any atom is 0.259 e. The van der Waals surface area contributed by atoms with Crippen molar-refractivity contribution < 1.29 is 12.8 Å². The van der Waals surface area contributed by atoms with Gasteiger partial charge in [0, 0.05) is 11.6 Å². The topological polar surface area (TPSA) is 143 Å². The van der Waals surface area contributed by atoms with Crippen molar-refractivity contribution in [3.8, 4) is 17.4 Å². The van der Waals surface area contributed by atoms with Crippen LogP contribution in [0.5, 0.6) is 0 Å². The molecule has 8 nitrogen and oxygen atoms in total. The molecule has 2 heterocycles. The van der Waals surface area contributed by atoms with Gasteiger partial charge in [-0.15, -0.1) is 0 Å².